The summed E-state index contributed by atoms with van der Waals surface area (Å²) in [6, 6.07) is 0. The molecule has 0 saturated carbocycles. The van der Waals surface area contributed by atoms with Gasteiger partial charge in [-0.2, -0.15) is 0 Å². The summed E-state index contributed by atoms with van der Waals surface area (Å²) in [4.78, 5) is 33.3. The molecule has 7 N–H and O–H groups in total. The molecule has 0 aliphatic carbocycles. The maximum absolute atomic E-state index is 11.3. The quantitative estimate of drug-likeness (QED) is 0.131. The van der Waals surface area contributed by atoms with Crippen LogP contribution in [-0.4, -0.2) is 35.2 Å². The molecule has 11 nitrogen and oxygen atoms in total. The maximum atomic E-state index is 11.3. The van der Waals surface area contributed by atoms with Crippen molar-refractivity contribution in [1.82, 2.24) is 0 Å². The molecule has 2 rings (SSSR count). The highest BCUT2D eigenvalue weighted by Crippen LogP contribution is 2.23. The number of hydrogen-bond acceptors (Lipinski definition) is 12. The van der Waals surface area contributed by atoms with Crippen LogP contribution in [0.15, 0.2) is 21.5 Å². The minimum Gasteiger partial charge on any atom is -0.444 e. The summed E-state index contributed by atoms with van der Waals surface area (Å²) in [5.41, 5.74) is 16.9. The summed E-state index contributed by atoms with van der Waals surface area (Å²) in [6.07, 6.45) is -2.60. The molecule has 1 amide bonds. The van der Waals surface area contributed by atoms with Gasteiger partial charge in [0.25, 0.3) is 0 Å². The first-order valence-electron chi connectivity index (χ1n) is 12.7. The van der Waals surface area contributed by atoms with Crippen molar-refractivity contribution in [2.45, 2.75) is 129 Å². The Balaban J connectivity index is -0.000000113. The monoisotopic (exact) mass is 654 g/mol. The van der Waals surface area contributed by atoms with Crippen LogP contribution in [0.1, 0.15) is 112 Å². The van der Waals surface area contributed by atoms with E-state index in [1.807, 2.05) is 59.2 Å². The van der Waals surface area contributed by atoms with Crippen LogP contribution in [0.5, 0.6) is 0 Å². The van der Waals surface area contributed by atoms with Gasteiger partial charge < -0.3 is 36.1 Å². The highest BCUT2D eigenvalue weighted by molar-refractivity contribution is 7.09. The van der Waals surface area contributed by atoms with Crippen LogP contribution in [-0.2, 0) is 18.9 Å². The number of rotatable bonds is 1. The van der Waals surface area contributed by atoms with E-state index in [2.05, 4.69) is 10.1 Å². The van der Waals surface area contributed by atoms with Crippen LogP contribution in [0, 0.1) is 0 Å². The topological polar surface area (TPSA) is 178 Å². The van der Waals surface area contributed by atoms with Crippen LogP contribution >= 0.6 is 22.7 Å². The number of nitrogen functional groups attached to an aromatic ring is 3. The number of nitrogens with one attached hydrogen (secondary N) is 1. The summed E-state index contributed by atoms with van der Waals surface area (Å²) in [7, 11) is 0. The van der Waals surface area contributed by atoms with Gasteiger partial charge in [0.05, 0.1) is 22.7 Å². The number of thiophene rings is 2. The molecule has 0 fully saturated rings. The maximum Gasteiger partial charge on any atom is 0.519 e. The van der Waals surface area contributed by atoms with Crippen LogP contribution in [0.4, 0.5) is 37.1 Å². The lowest BCUT2D eigenvalue weighted by Crippen LogP contribution is -2.29. The number of nitrogens with two attached hydrogens (primary N) is 3. The smallest absolute Gasteiger partial charge is 0.444 e. The van der Waals surface area contributed by atoms with Crippen LogP contribution in [0.3, 0.4) is 0 Å². The van der Waals surface area contributed by atoms with E-state index in [0.29, 0.717) is 22.7 Å². The van der Waals surface area contributed by atoms with Gasteiger partial charge in [0, 0.05) is 21.5 Å². The van der Waals surface area contributed by atoms with E-state index in [-0.39, 0.29) is 22.3 Å². The van der Waals surface area contributed by atoms with Crippen LogP contribution < -0.4 is 22.5 Å². The molecule has 0 bridgehead atoms. The molecule has 0 aliphatic rings. The van der Waals surface area contributed by atoms with E-state index in [9.17, 15) is 14.4 Å². The van der Waals surface area contributed by atoms with E-state index in [1.54, 1.807) is 52.3 Å². The molecule has 256 valence electrons. The fraction of sp³-hybridized carbons (Fsp3) is 0.633. The number of anilines is 4. The standard InChI is InChI=1S/C10H18O5.C9H14N2O2S.C4H6N2S.2C2H6.3CH4/c1-9(2,3)14-7(11)13-8(12)15-10(4,5)6;1-9(2,3)13-8(12)11-7-5-14-4-6(7)10;5-3-1-7-2-4(3)6;2*1-2;;;/h1-6H3;4-5H,10H2,1-3H3,(H,11,12);1-2H,5-6H2;2*1-2H3;3*1H4. The zero-order valence-corrected chi connectivity index (χ0v) is 27.8. The Kier molecular flexibility index (Phi) is 30.9. The number of ether oxygens (including phenoxy) is 4. The molecule has 0 aliphatic heterocycles. The van der Waals surface area contributed by atoms with Gasteiger partial charge in [0.2, 0.25) is 0 Å². The van der Waals surface area contributed by atoms with Gasteiger partial charge in [-0.05, 0) is 62.3 Å². The molecule has 0 spiro atoms. The van der Waals surface area contributed by atoms with Gasteiger partial charge in [0.1, 0.15) is 16.8 Å². The molecule has 0 aromatic carbocycles. The molecular formula is C30H62N4O7S2. The first-order valence-corrected chi connectivity index (χ1v) is 14.6. The van der Waals surface area contributed by atoms with Crippen molar-refractivity contribution >= 4 is 63.8 Å². The number of hydrogen-bond donors (Lipinski definition) is 4. The Morgan fingerprint density at radius 1 is 0.581 bits per heavy atom. The third kappa shape index (κ3) is 33.2. The second-order valence-electron chi connectivity index (χ2n) is 10.2. The van der Waals surface area contributed by atoms with Crippen molar-refractivity contribution in [3.8, 4) is 0 Å². The first-order chi connectivity index (χ1) is 18.2. The molecular weight excluding hydrogens is 592 g/mol. The SMILES string of the molecule is C.C.C.CC.CC.CC(C)(C)OC(=O)Nc1cscc1N.CC(C)(C)OC(=O)OC(=O)OC(C)(C)C.Nc1cscc1N. The molecule has 13 heteroatoms. The predicted molar refractivity (Wildman–Crippen MR) is 188 cm³/mol. The Morgan fingerprint density at radius 3 is 1.12 bits per heavy atom. The normalized spacial score (nSPS) is 9.51. The molecule has 2 heterocycles. The molecule has 0 unspecified atom stereocenters. The number of carbonyl (C=O) groups is 3. The van der Waals surface area contributed by atoms with E-state index in [1.165, 1.54) is 22.7 Å². The fourth-order valence-electron chi connectivity index (χ4n) is 1.75. The Hall–Kier alpha value is -3.19. The third-order valence-electron chi connectivity index (χ3n) is 3.00. The van der Waals surface area contributed by atoms with E-state index >= 15 is 0 Å². The molecule has 43 heavy (non-hydrogen) atoms. The molecule has 0 radical (unpaired) electrons. The summed E-state index contributed by atoms with van der Waals surface area (Å²) in [5, 5.41) is 9.72. The molecule has 0 saturated heterocycles. The average Bonchev–Trinajstić information content (AvgIpc) is 3.34. The van der Waals surface area contributed by atoms with Gasteiger partial charge in [-0.3, -0.25) is 5.32 Å². The molecule has 2 aromatic rings. The second-order valence-corrected chi connectivity index (χ2v) is 11.7. The summed E-state index contributed by atoms with van der Waals surface area (Å²) in [6.45, 7) is 23.4. The van der Waals surface area contributed by atoms with Gasteiger partial charge >= 0.3 is 18.4 Å². The Labute approximate surface area is 269 Å². The van der Waals surface area contributed by atoms with Crippen molar-refractivity contribution in [2.24, 2.45) is 0 Å². The van der Waals surface area contributed by atoms with Gasteiger partial charge in [-0.1, -0.05) is 50.0 Å². The van der Waals surface area contributed by atoms with Crippen molar-refractivity contribution in [3.05, 3.63) is 21.5 Å². The summed E-state index contributed by atoms with van der Waals surface area (Å²) >= 11 is 2.95. The zero-order chi connectivity index (χ0) is 32.3. The van der Waals surface area contributed by atoms with Gasteiger partial charge in [0.15, 0.2) is 0 Å². The highest BCUT2D eigenvalue weighted by Gasteiger charge is 2.24. The average molecular weight is 655 g/mol. The largest absolute Gasteiger partial charge is 0.519 e. The van der Waals surface area contributed by atoms with Gasteiger partial charge in [-0.15, -0.1) is 22.7 Å². The lowest BCUT2D eigenvalue weighted by molar-refractivity contribution is -0.0294. The second kappa shape index (κ2) is 25.3. The summed E-state index contributed by atoms with van der Waals surface area (Å²) in [5.74, 6) is 0. The third-order valence-corrected chi connectivity index (χ3v) is 4.54. The van der Waals surface area contributed by atoms with E-state index < -0.39 is 35.2 Å². The van der Waals surface area contributed by atoms with Gasteiger partial charge in [-0.25, -0.2) is 14.4 Å². The van der Waals surface area contributed by atoms with Crippen molar-refractivity contribution in [2.75, 3.05) is 22.5 Å². The lowest BCUT2D eigenvalue weighted by Gasteiger charge is -2.20. The lowest BCUT2D eigenvalue weighted by atomic mass is 10.2. The van der Waals surface area contributed by atoms with Crippen LogP contribution in [0.25, 0.3) is 0 Å². The minimum absolute atomic E-state index is 0. The minimum atomic E-state index is -1.06. The summed E-state index contributed by atoms with van der Waals surface area (Å²) < 4.78 is 18.9. The van der Waals surface area contributed by atoms with E-state index in [4.69, 9.17) is 31.4 Å². The Bertz CT molecular complexity index is 945. The Morgan fingerprint density at radius 2 is 0.884 bits per heavy atom. The molecule has 2 aromatic heterocycles. The molecule has 0 atom stereocenters. The first kappa shape index (κ1) is 52.5. The fourth-order valence-corrected chi connectivity index (χ4v) is 3.05. The number of carbonyl (C=O) groups excluding carboxylic acids is 3. The predicted octanol–water partition coefficient (Wildman–Crippen LogP) is 10.4. The van der Waals surface area contributed by atoms with Crippen molar-refractivity contribution < 1.29 is 33.3 Å². The van der Waals surface area contributed by atoms with Crippen molar-refractivity contribution in [3.63, 3.8) is 0 Å². The highest BCUT2D eigenvalue weighted by atomic mass is 32.1. The van der Waals surface area contributed by atoms with E-state index in [0.717, 1.165) is 0 Å². The van der Waals surface area contributed by atoms with Crippen molar-refractivity contribution in [1.29, 1.82) is 0 Å². The zero-order valence-electron chi connectivity index (χ0n) is 26.2. The number of amides is 1. The van der Waals surface area contributed by atoms with Crippen LogP contribution in [0.2, 0.25) is 0 Å².